The Kier molecular flexibility index (Phi) is 6.37. The van der Waals surface area contributed by atoms with Crippen molar-refractivity contribution in [2.75, 3.05) is 0 Å². The third kappa shape index (κ3) is 4.49. The minimum absolute atomic E-state index is 0.673. The zero-order valence-corrected chi connectivity index (χ0v) is 16.0. The number of benzene rings is 1. The van der Waals surface area contributed by atoms with Crippen LogP contribution in [0.1, 0.15) is 69.9 Å². The van der Waals surface area contributed by atoms with E-state index in [-0.39, 0.29) is 0 Å². The normalized spacial score (nSPS) is 16.3. The largest absolute Gasteiger partial charge is 0.255 e. The Morgan fingerprint density at radius 3 is 2.65 bits per heavy atom. The Bertz CT molecular complexity index is 630. The number of hydrogen-bond acceptors (Lipinski definition) is 4. The van der Waals surface area contributed by atoms with Crippen molar-refractivity contribution in [3.05, 3.63) is 23.3 Å². The molecule has 0 bridgehead atoms. The molecule has 1 aromatic heterocycles. The highest BCUT2D eigenvalue weighted by molar-refractivity contribution is 7.99. The highest BCUT2D eigenvalue weighted by Crippen LogP contribution is 2.33. The number of rotatable bonds is 7. The first-order valence-corrected chi connectivity index (χ1v) is 10.8. The van der Waals surface area contributed by atoms with Gasteiger partial charge in [-0.25, -0.2) is 4.98 Å². The standard InChI is InChI=1S/C19H28N2S2/c1-3-8-14-12-15(9-4-2)18-17(13-14)22-19(20-18)23-21-16-10-6-5-7-11-16/h12-13,16,21H,3-11H2,1-2H3. The zero-order chi connectivity index (χ0) is 16.1. The molecule has 4 heteroatoms. The van der Waals surface area contributed by atoms with E-state index in [2.05, 4.69) is 30.7 Å². The first kappa shape index (κ1) is 17.2. The minimum atomic E-state index is 0.673. The lowest BCUT2D eigenvalue weighted by Crippen LogP contribution is -2.25. The molecule has 2 nitrogen and oxygen atoms in total. The van der Waals surface area contributed by atoms with Gasteiger partial charge in [0.25, 0.3) is 0 Å². The molecule has 1 aromatic carbocycles. The fourth-order valence-corrected chi connectivity index (χ4v) is 5.46. The van der Waals surface area contributed by atoms with Crippen LogP contribution in [0.25, 0.3) is 10.2 Å². The van der Waals surface area contributed by atoms with Gasteiger partial charge >= 0.3 is 0 Å². The maximum atomic E-state index is 4.94. The quantitative estimate of drug-likeness (QED) is 0.609. The number of hydrogen-bond donors (Lipinski definition) is 1. The van der Waals surface area contributed by atoms with Gasteiger partial charge in [0.05, 0.1) is 10.2 Å². The molecule has 1 saturated carbocycles. The summed E-state index contributed by atoms with van der Waals surface area (Å²) in [5.41, 5.74) is 4.16. The summed E-state index contributed by atoms with van der Waals surface area (Å²) in [6.07, 6.45) is 11.5. The van der Waals surface area contributed by atoms with Gasteiger partial charge in [0.1, 0.15) is 0 Å². The second kappa shape index (κ2) is 8.50. The smallest absolute Gasteiger partial charge is 0.166 e. The summed E-state index contributed by atoms with van der Waals surface area (Å²) in [6.45, 7) is 4.51. The lowest BCUT2D eigenvalue weighted by atomic mass is 9.96. The minimum Gasteiger partial charge on any atom is -0.255 e. The van der Waals surface area contributed by atoms with Gasteiger partial charge in [-0.15, -0.1) is 11.3 Å². The lowest BCUT2D eigenvalue weighted by Gasteiger charge is -2.21. The second-order valence-electron chi connectivity index (χ2n) is 6.64. The zero-order valence-electron chi connectivity index (χ0n) is 14.4. The van der Waals surface area contributed by atoms with E-state index in [0.717, 1.165) is 6.42 Å². The second-order valence-corrected chi connectivity index (χ2v) is 8.75. The van der Waals surface area contributed by atoms with Gasteiger partial charge in [-0.3, -0.25) is 4.72 Å². The van der Waals surface area contributed by atoms with Gasteiger partial charge < -0.3 is 0 Å². The molecule has 1 fully saturated rings. The van der Waals surface area contributed by atoms with Crippen molar-refractivity contribution in [1.29, 1.82) is 0 Å². The molecule has 0 aliphatic heterocycles. The summed E-state index contributed by atoms with van der Waals surface area (Å²) in [5, 5.41) is 0. The average Bonchev–Trinajstić information content (AvgIpc) is 2.98. The molecule has 0 unspecified atom stereocenters. The van der Waals surface area contributed by atoms with E-state index in [1.807, 2.05) is 11.3 Å². The van der Waals surface area contributed by atoms with E-state index < -0.39 is 0 Å². The van der Waals surface area contributed by atoms with Crippen LogP contribution in [0, 0.1) is 0 Å². The van der Waals surface area contributed by atoms with Crippen molar-refractivity contribution < 1.29 is 0 Å². The summed E-state index contributed by atoms with van der Waals surface area (Å²) >= 11 is 3.61. The van der Waals surface area contributed by atoms with E-state index in [9.17, 15) is 0 Å². The molecule has 0 radical (unpaired) electrons. The van der Waals surface area contributed by atoms with Crippen LogP contribution in [0.5, 0.6) is 0 Å². The molecule has 2 aromatic rings. The van der Waals surface area contributed by atoms with E-state index in [4.69, 9.17) is 4.98 Å². The average molecular weight is 349 g/mol. The van der Waals surface area contributed by atoms with Crippen molar-refractivity contribution >= 4 is 33.5 Å². The third-order valence-electron chi connectivity index (χ3n) is 4.59. The van der Waals surface area contributed by atoms with Crippen LogP contribution in [0.2, 0.25) is 0 Å². The Labute approximate surface area is 148 Å². The Morgan fingerprint density at radius 1 is 1.13 bits per heavy atom. The molecular formula is C19H28N2S2. The van der Waals surface area contributed by atoms with Crippen LogP contribution in [-0.4, -0.2) is 11.0 Å². The molecule has 1 heterocycles. The van der Waals surface area contributed by atoms with Gasteiger partial charge in [-0.2, -0.15) is 0 Å². The summed E-state index contributed by atoms with van der Waals surface area (Å²) < 4.78 is 6.20. The first-order valence-electron chi connectivity index (χ1n) is 9.14. The molecular weight excluding hydrogens is 320 g/mol. The van der Waals surface area contributed by atoms with Crippen LogP contribution in [0.4, 0.5) is 0 Å². The molecule has 0 spiro atoms. The monoisotopic (exact) mass is 348 g/mol. The lowest BCUT2D eigenvalue weighted by molar-refractivity contribution is 0.423. The molecule has 1 aliphatic rings. The molecule has 1 aliphatic carbocycles. The fraction of sp³-hybridized carbons (Fsp3) is 0.632. The Hall–Kier alpha value is -0.580. The van der Waals surface area contributed by atoms with Gasteiger partial charge in [-0.05, 0) is 54.8 Å². The number of nitrogens with one attached hydrogen (secondary N) is 1. The molecule has 0 atom stereocenters. The van der Waals surface area contributed by atoms with Gasteiger partial charge in [0.15, 0.2) is 4.34 Å². The van der Waals surface area contributed by atoms with Crippen molar-refractivity contribution in [2.24, 2.45) is 0 Å². The van der Waals surface area contributed by atoms with Crippen molar-refractivity contribution in [3.63, 3.8) is 0 Å². The summed E-state index contributed by atoms with van der Waals surface area (Å²) in [5.74, 6) is 0. The Morgan fingerprint density at radius 2 is 1.91 bits per heavy atom. The van der Waals surface area contributed by atoms with Crippen LogP contribution < -0.4 is 4.72 Å². The van der Waals surface area contributed by atoms with Crippen molar-refractivity contribution in [2.45, 2.75) is 82.0 Å². The molecule has 1 N–H and O–H groups in total. The molecule has 0 amide bonds. The van der Waals surface area contributed by atoms with Crippen LogP contribution in [0.3, 0.4) is 0 Å². The number of fused-ring (bicyclic) bond motifs is 1. The van der Waals surface area contributed by atoms with E-state index in [1.54, 1.807) is 11.9 Å². The number of nitrogens with zero attached hydrogens (tertiary/aromatic N) is 1. The maximum Gasteiger partial charge on any atom is 0.166 e. The van der Waals surface area contributed by atoms with E-state index in [0.29, 0.717) is 6.04 Å². The van der Waals surface area contributed by atoms with Crippen LogP contribution in [0.15, 0.2) is 16.5 Å². The first-order chi connectivity index (χ1) is 11.3. The Balaban J connectivity index is 1.77. The highest BCUT2D eigenvalue weighted by atomic mass is 32.2. The van der Waals surface area contributed by atoms with Gasteiger partial charge in [-0.1, -0.05) is 52.0 Å². The molecule has 126 valence electrons. The van der Waals surface area contributed by atoms with Crippen molar-refractivity contribution in [3.8, 4) is 0 Å². The number of aromatic nitrogens is 1. The summed E-state index contributed by atoms with van der Waals surface area (Å²) in [4.78, 5) is 4.94. The molecule has 0 saturated heterocycles. The SMILES string of the molecule is CCCc1cc(CCC)c2nc(SNC3CCCCC3)sc2c1. The maximum absolute atomic E-state index is 4.94. The molecule has 3 rings (SSSR count). The summed E-state index contributed by atoms with van der Waals surface area (Å²) in [7, 11) is 0. The molecule has 23 heavy (non-hydrogen) atoms. The third-order valence-corrected chi connectivity index (χ3v) is 6.60. The van der Waals surface area contributed by atoms with Gasteiger partial charge in [0.2, 0.25) is 0 Å². The van der Waals surface area contributed by atoms with Gasteiger partial charge in [0, 0.05) is 6.04 Å². The van der Waals surface area contributed by atoms with E-state index >= 15 is 0 Å². The fourth-order valence-electron chi connectivity index (χ4n) is 3.43. The number of aryl methyl sites for hydroxylation is 2. The topological polar surface area (TPSA) is 24.9 Å². The highest BCUT2D eigenvalue weighted by Gasteiger charge is 2.15. The van der Waals surface area contributed by atoms with E-state index in [1.165, 1.54) is 77.0 Å². The van der Waals surface area contributed by atoms with Crippen LogP contribution in [-0.2, 0) is 12.8 Å². The summed E-state index contributed by atoms with van der Waals surface area (Å²) in [6, 6.07) is 5.42. The predicted octanol–water partition coefficient (Wildman–Crippen LogP) is 6.13. The predicted molar refractivity (Wildman–Crippen MR) is 103 cm³/mol. The van der Waals surface area contributed by atoms with Crippen molar-refractivity contribution in [1.82, 2.24) is 9.71 Å². The van der Waals surface area contributed by atoms with Crippen LogP contribution >= 0.6 is 23.3 Å². The number of thiazole rings is 1.